The van der Waals surface area contributed by atoms with Crippen LogP contribution in [0.3, 0.4) is 0 Å². The van der Waals surface area contributed by atoms with E-state index in [2.05, 4.69) is 66.2 Å². The fourth-order valence-electron chi connectivity index (χ4n) is 3.83. The molecule has 0 spiro atoms. The first-order chi connectivity index (χ1) is 13.0. The molecule has 2 heterocycles. The number of amides is 1. The van der Waals surface area contributed by atoms with Crippen LogP contribution in [-0.4, -0.2) is 45.2 Å². The van der Waals surface area contributed by atoms with E-state index in [9.17, 15) is 4.79 Å². The van der Waals surface area contributed by atoms with E-state index in [4.69, 9.17) is 0 Å². The van der Waals surface area contributed by atoms with Crippen LogP contribution in [0.5, 0.6) is 0 Å². The van der Waals surface area contributed by atoms with Crippen molar-refractivity contribution >= 4 is 11.6 Å². The summed E-state index contributed by atoms with van der Waals surface area (Å²) in [5.41, 5.74) is 3.42. The first kappa shape index (κ1) is 19.5. The zero-order valence-corrected chi connectivity index (χ0v) is 16.9. The molecular formula is C21H31N5O. The van der Waals surface area contributed by atoms with Crippen molar-refractivity contribution in [3.8, 4) is 0 Å². The zero-order chi connectivity index (χ0) is 19.4. The predicted octanol–water partition coefficient (Wildman–Crippen LogP) is 3.80. The smallest absolute Gasteiger partial charge is 0.238 e. The van der Waals surface area contributed by atoms with Gasteiger partial charge in [0.15, 0.2) is 0 Å². The van der Waals surface area contributed by atoms with E-state index < -0.39 is 0 Å². The third-order valence-corrected chi connectivity index (χ3v) is 5.37. The van der Waals surface area contributed by atoms with E-state index in [0.29, 0.717) is 24.4 Å². The Morgan fingerprint density at radius 1 is 1.15 bits per heavy atom. The lowest BCUT2D eigenvalue weighted by Crippen LogP contribution is -2.40. The predicted molar refractivity (Wildman–Crippen MR) is 108 cm³/mol. The molecule has 0 saturated carbocycles. The van der Waals surface area contributed by atoms with Gasteiger partial charge < -0.3 is 5.32 Å². The summed E-state index contributed by atoms with van der Waals surface area (Å²) in [5, 5.41) is 7.46. The third-order valence-electron chi connectivity index (χ3n) is 5.37. The van der Waals surface area contributed by atoms with Gasteiger partial charge in [0.2, 0.25) is 5.91 Å². The second-order valence-corrected chi connectivity index (χ2v) is 8.05. The second-order valence-electron chi connectivity index (χ2n) is 8.05. The highest BCUT2D eigenvalue weighted by Gasteiger charge is 2.23. The van der Waals surface area contributed by atoms with Gasteiger partial charge in [-0.3, -0.25) is 9.69 Å². The summed E-state index contributed by atoms with van der Waals surface area (Å²) in [7, 11) is 0. The molecule has 1 aromatic heterocycles. The molecule has 0 aliphatic carbocycles. The van der Waals surface area contributed by atoms with Crippen LogP contribution in [0.25, 0.3) is 0 Å². The van der Waals surface area contributed by atoms with Crippen LogP contribution in [0.2, 0.25) is 0 Å². The Kier molecular flexibility index (Phi) is 6.26. The maximum Gasteiger partial charge on any atom is 0.238 e. The summed E-state index contributed by atoms with van der Waals surface area (Å²) in [5.74, 6) is 0.819. The van der Waals surface area contributed by atoms with Crippen LogP contribution in [-0.2, 0) is 4.79 Å². The van der Waals surface area contributed by atoms with Crippen molar-refractivity contribution in [1.29, 1.82) is 0 Å². The summed E-state index contributed by atoms with van der Waals surface area (Å²) >= 11 is 0. The third kappa shape index (κ3) is 4.75. The SMILES string of the molecule is CC(C)c1cccc(C(C)C)c1NC(=O)CN1CCC(n2cncn2)CC1. The lowest BCUT2D eigenvalue weighted by atomic mass is 9.92. The molecule has 27 heavy (non-hydrogen) atoms. The number of aromatic nitrogens is 3. The Bertz CT molecular complexity index is 720. The molecule has 0 radical (unpaired) electrons. The fraction of sp³-hybridized carbons (Fsp3) is 0.571. The van der Waals surface area contributed by atoms with Gasteiger partial charge in [-0.15, -0.1) is 0 Å². The minimum atomic E-state index is 0.0733. The summed E-state index contributed by atoms with van der Waals surface area (Å²) in [4.78, 5) is 19.0. The number of hydrogen-bond donors (Lipinski definition) is 1. The Morgan fingerprint density at radius 3 is 2.30 bits per heavy atom. The normalized spacial score (nSPS) is 16.2. The number of likely N-dealkylation sites (tertiary alicyclic amines) is 1. The molecule has 1 aliphatic rings. The first-order valence-corrected chi connectivity index (χ1v) is 9.94. The number of anilines is 1. The number of hydrogen-bond acceptors (Lipinski definition) is 4. The number of nitrogens with one attached hydrogen (secondary N) is 1. The molecule has 0 atom stereocenters. The van der Waals surface area contributed by atoms with Crippen molar-refractivity contribution in [3.63, 3.8) is 0 Å². The molecule has 0 unspecified atom stereocenters. The molecule has 1 aromatic carbocycles. The maximum absolute atomic E-state index is 12.8. The quantitative estimate of drug-likeness (QED) is 0.841. The molecule has 146 valence electrons. The topological polar surface area (TPSA) is 63.1 Å². The fourth-order valence-corrected chi connectivity index (χ4v) is 3.83. The van der Waals surface area contributed by atoms with E-state index >= 15 is 0 Å². The van der Waals surface area contributed by atoms with Gasteiger partial charge in [-0.25, -0.2) is 9.67 Å². The van der Waals surface area contributed by atoms with Crippen LogP contribution in [0.1, 0.15) is 69.5 Å². The lowest BCUT2D eigenvalue weighted by Gasteiger charge is -2.31. The van der Waals surface area contributed by atoms with Gasteiger partial charge in [0.05, 0.1) is 12.6 Å². The lowest BCUT2D eigenvalue weighted by molar-refractivity contribution is -0.117. The molecule has 1 N–H and O–H groups in total. The number of para-hydroxylation sites is 1. The van der Waals surface area contributed by atoms with Crippen molar-refractivity contribution in [2.24, 2.45) is 0 Å². The monoisotopic (exact) mass is 369 g/mol. The van der Waals surface area contributed by atoms with Crippen molar-refractivity contribution in [1.82, 2.24) is 19.7 Å². The molecule has 2 aromatic rings. The molecule has 0 bridgehead atoms. The second kappa shape index (κ2) is 8.65. The Morgan fingerprint density at radius 2 is 1.78 bits per heavy atom. The average molecular weight is 370 g/mol. The Balaban J connectivity index is 1.62. The molecule has 6 heteroatoms. The highest BCUT2D eigenvalue weighted by atomic mass is 16.2. The Hall–Kier alpha value is -2.21. The van der Waals surface area contributed by atoms with Crippen LogP contribution in [0, 0.1) is 0 Å². The van der Waals surface area contributed by atoms with Gasteiger partial charge in [-0.1, -0.05) is 45.9 Å². The average Bonchev–Trinajstić information content (AvgIpc) is 3.16. The van der Waals surface area contributed by atoms with Gasteiger partial charge in [-0.2, -0.15) is 5.10 Å². The highest BCUT2D eigenvalue weighted by molar-refractivity contribution is 5.94. The molecule has 1 fully saturated rings. The summed E-state index contributed by atoms with van der Waals surface area (Å²) in [6.07, 6.45) is 5.36. The standard InChI is InChI=1S/C21H31N5O/c1-15(2)18-6-5-7-19(16(3)4)21(18)24-20(27)12-25-10-8-17(9-11-25)26-14-22-13-23-26/h5-7,13-17H,8-12H2,1-4H3,(H,24,27). The van der Waals surface area contributed by atoms with Crippen molar-refractivity contribution in [3.05, 3.63) is 42.0 Å². The minimum absolute atomic E-state index is 0.0733. The summed E-state index contributed by atoms with van der Waals surface area (Å²) in [6, 6.07) is 6.72. The van der Waals surface area contributed by atoms with Crippen LogP contribution < -0.4 is 5.32 Å². The number of carbonyl (C=O) groups is 1. The number of rotatable bonds is 6. The van der Waals surface area contributed by atoms with Crippen molar-refractivity contribution in [2.45, 2.75) is 58.4 Å². The maximum atomic E-state index is 12.8. The van der Waals surface area contributed by atoms with Gasteiger partial charge in [0, 0.05) is 18.8 Å². The van der Waals surface area contributed by atoms with Crippen LogP contribution >= 0.6 is 0 Å². The van der Waals surface area contributed by atoms with Crippen LogP contribution in [0.15, 0.2) is 30.9 Å². The Labute approximate surface area is 162 Å². The molecule has 3 rings (SSSR count). The number of benzene rings is 1. The number of carbonyl (C=O) groups excluding carboxylic acids is 1. The summed E-state index contributed by atoms with van der Waals surface area (Å²) in [6.45, 7) is 10.9. The van der Waals surface area contributed by atoms with Crippen LogP contribution in [0.4, 0.5) is 5.69 Å². The molecular weight excluding hydrogens is 338 g/mol. The van der Waals surface area contributed by atoms with Gasteiger partial charge in [0.25, 0.3) is 0 Å². The molecule has 1 saturated heterocycles. The van der Waals surface area contributed by atoms with E-state index in [1.54, 1.807) is 12.7 Å². The minimum Gasteiger partial charge on any atom is -0.324 e. The van der Waals surface area contributed by atoms with E-state index in [-0.39, 0.29) is 5.91 Å². The molecule has 1 amide bonds. The first-order valence-electron chi connectivity index (χ1n) is 9.94. The van der Waals surface area contributed by atoms with Gasteiger partial charge in [-0.05, 0) is 35.8 Å². The van der Waals surface area contributed by atoms with Crippen molar-refractivity contribution < 1.29 is 4.79 Å². The zero-order valence-electron chi connectivity index (χ0n) is 16.9. The molecule has 1 aliphatic heterocycles. The highest BCUT2D eigenvalue weighted by Crippen LogP contribution is 2.32. The number of nitrogens with zero attached hydrogens (tertiary/aromatic N) is 4. The van der Waals surface area contributed by atoms with E-state index in [0.717, 1.165) is 31.6 Å². The van der Waals surface area contributed by atoms with Gasteiger partial charge in [0.1, 0.15) is 12.7 Å². The van der Waals surface area contributed by atoms with E-state index in [1.165, 1.54) is 11.1 Å². The largest absolute Gasteiger partial charge is 0.324 e. The van der Waals surface area contributed by atoms with Gasteiger partial charge >= 0.3 is 0 Å². The molecule has 6 nitrogen and oxygen atoms in total. The van der Waals surface area contributed by atoms with Crippen molar-refractivity contribution in [2.75, 3.05) is 25.0 Å². The number of piperidine rings is 1. The van der Waals surface area contributed by atoms with E-state index in [1.807, 2.05) is 4.68 Å². The summed E-state index contributed by atoms with van der Waals surface area (Å²) < 4.78 is 1.94.